The summed E-state index contributed by atoms with van der Waals surface area (Å²) >= 11 is 0. The van der Waals surface area contributed by atoms with Crippen molar-refractivity contribution in [3.05, 3.63) is 35.9 Å². The van der Waals surface area contributed by atoms with Crippen LogP contribution >= 0.6 is 0 Å². The maximum Gasteiger partial charge on any atom is 0.471 e. The number of halogens is 3. The first-order chi connectivity index (χ1) is 13.2. The van der Waals surface area contributed by atoms with Gasteiger partial charge in [-0.2, -0.15) is 22.8 Å². The predicted octanol–water partition coefficient (Wildman–Crippen LogP) is 4.94. The Morgan fingerprint density at radius 2 is 1.71 bits per heavy atom. The van der Waals surface area contributed by atoms with Crippen LogP contribution in [0.25, 0.3) is 0 Å². The first-order valence-electron chi connectivity index (χ1n) is 9.62. The number of aryl methyl sites for hydroxylation is 1. The van der Waals surface area contributed by atoms with Gasteiger partial charge in [0.15, 0.2) is 0 Å². The fourth-order valence-corrected chi connectivity index (χ4v) is 3.11. The molecule has 0 saturated carbocycles. The van der Waals surface area contributed by atoms with Crippen LogP contribution in [0.5, 0.6) is 0 Å². The second-order valence-corrected chi connectivity index (χ2v) is 6.97. The molecule has 0 spiro atoms. The molecule has 1 aromatic carbocycles. The van der Waals surface area contributed by atoms with Gasteiger partial charge in [0, 0.05) is 6.54 Å². The molecule has 158 valence electrons. The van der Waals surface area contributed by atoms with Crippen molar-refractivity contribution in [1.82, 2.24) is 5.32 Å². The number of benzene rings is 1. The number of amides is 1. The van der Waals surface area contributed by atoms with Gasteiger partial charge in [0.25, 0.3) is 0 Å². The molecule has 0 unspecified atom stereocenters. The van der Waals surface area contributed by atoms with Crippen LogP contribution in [0.3, 0.4) is 0 Å². The van der Waals surface area contributed by atoms with Crippen molar-refractivity contribution >= 4 is 12.1 Å². The van der Waals surface area contributed by atoms with Gasteiger partial charge in [0.05, 0.1) is 0 Å². The van der Waals surface area contributed by atoms with Crippen LogP contribution in [0.4, 0.5) is 13.2 Å². The summed E-state index contributed by atoms with van der Waals surface area (Å²) in [7, 11) is 0. The van der Waals surface area contributed by atoms with E-state index in [0.717, 1.165) is 32.1 Å². The molecular formula is C21H30F3NO3. The van der Waals surface area contributed by atoms with Crippen molar-refractivity contribution in [3.8, 4) is 0 Å². The lowest BCUT2D eigenvalue weighted by Gasteiger charge is -2.20. The highest BCUT2D eigenvalue weighted by atomic mass is 19.4. The van der Waals surface area contributed by atoms with Crippen LogP contribution < -0.4 is 5.32 Å². The van der Waals surface area contributed by atoms with E-state index in [0.29, 0.717) is 18.3 Å². The lowest BCUT2D eigenvalue weighted by molar-refractivity contribution is -0.191. The minimum atomic E-state index is -4.78. The van der Waals surface area contributed by atoms with E-state index in [-0.39, 0.29) is 12.7 Å². The van der Waals surface area contributed by atoms with Crippen molar-refractivity contribution in [1.29, 1.82) is 0 Å². The zero-order valence-corrected chi connectivity index (χ0v) is 16.6. The maximum absolute atomic E-state index is 12.1. The Balaban J connectivity index is 0.00000227. The van der Waals surface area contributed by atoms with E-state index < -0.39 is 12.1 Å². The summed E-state index contributed by atoms with van der Waals surface area (Å²) in [5, 5.41) is 1.92. The number of carbonyl (C=O) groups is 1. The molecule has 0 fully saturated rings. The van der Waals surface area contributed by atoms with Crippen molar-refractivity contribution in [2.24, 2.45) is 11.8 Å². The SMILES string of the molecule is CC[C@H](CCc1ccccc1)C[C@H](C)CCCCNC(=O)C(F)(F)F.O=C=O. The molecule has 0 bridgehead atoms. The van der Waals surface area contributed by atoms with Crippen molar-refractivity contribution in [3.63, 3.8) is 0 Å². The summed E-state index contributed by atoms with van der Waals surface area (Å²) in [6.45, 7) is 4.52. The number of hydrogen-bond acceptors (Lipinski definition) is 3. The molecule has 0 aromatic heterocycles. The molecule has 0 aliphatic carbocycles. The lowest BCUT2D eigenvalue weighted by Crippen LogP contribution is -2.37. The summed E-state index contributed by atoms with van der Waals surface area (Å²) in [5.41, 5.74) is 1.37. The lowest BCUT2D eigenvalue weighted by atomic mass is 9.86. The van der Waals surface area contributed by atoms with E-state index in [2.05, 4.69) is 38.1 Å². The molecule has 1 aromatic rings. The Labute approximate surface area is 164 Å². The van der Waals surface area contributed by atoms with Crippen molar-refractivity contribution in [2.75, 3.05) is 6.54 Å². The topological polar surface area (TPSA) is 63.2 Å². The molecule has 7 heteroatoms. The van der Waals surface area contributed by atoms with Crippen LogP contribution in [-0.4, -0.2) is 24.8 Å². The third-order valence-corrected chi connectivity index (χ3v) is 4.66. The van der Waals surface area contributed by atoms with Crippen molar-refractivity contribution in [2.45, 2.75) is 65.0 Å². The minimum absolute atomic E-state index is 0.0935. The van der Waals surface area contributed by atoms with Gasteiger partial charge in [-0.05, 0) is 43.1 Å². The van der Waals surface area contributed by atoms with Gasteiger partial charge in [-0.25, -0.2) is 0 Å². The van der Waals surface area contributed by atoms with Gasteiger partial charge in [-0.3, -0.25) is 4.79 Å². The first-order valence-corrected chi connectivity index (χ1v) is 9.62. The Kier molecular flexibility index (Phi) is 13.7. The first kappa shape index (κ1) is 25.9. The average Bonchev–Trinajstić information content (AvgIpc) is 2.65. The van der Waals surface area contributed by atoms with Crippen LogP contribution in [0.2, 0.25) is 0 Å². The number of carbonyl (C=O) groups excluding carboxylic acids is 3. The molecular weight excluding hydrogens is 371 g/mol. The normalized spacial score (nSPS) is 12.9. The van der Waals surface area contributed by atoms with Crippen LogP contribution in [0.1, 0.15) is 57.9 Å². The standard InChI is InChI=1S/C20H30F3NO.CO2/c1-3-17(12-13-18-10-5-4-6-11-18)15-16(2)9-7-8-14-24-19(25)20(21,22)23;2-1-3/h4-6,10-11,16-17H,3,7-9,12-15H2,1-2H3,(H,24,25);/t16-,17-;/m1./s1. The molecule has 0 aliphatic rings. The van der Waals surface area contributed by atoms with Crippen LogP contribution in [-0.2, 0) is 20.8 Å². The van der Waals surface area contributed by atoms with E-state index in [1.54, 1.807) is 0 Å². The number of unbranched alkanes of at least 4 members (excludes halogenated alkanes) is 1. The smallest absolute Gasteiger partial charge is 0.348 e. The van der Waals surface area contributed by atoms with Gasteiger partial charge in [0.1, 0.15) is 0 Å². The van der Waals surface area contributed by atoms with Gasteiger partial charge in [-0.15, -0.1) is 0 Å². The second kappa shape index (κ2) is 14.9. The molecule has 0 heterocycles. The Bertz CT molecular complexity index is 570. The minimum Gasteiger partial charge on any atom is -0.348 e. The third kappa shape index (κ3) is 13.1. The summed E-state index contributed by atoms with van der Waals surface area (Å²) in [4.78, 5) is 26.9. The van der Waals surface area contributed by atoms with E-state index in [4.69, 9.17) is 9.59 Å². The van der Waals surface area contributed by atoms with Crippen LogP contribution in [0.15, 0.2) is 30.3 Å². The third-order valence-electron chi connectivity index (χ3n) is 4.66. The number of hydrogen-bond donors (Lipinski definition) is 1. The van der Waals surface area contributed by atoms with Gasteiger partial charge < -0.3 is 5.32 Å². The Morgan fingerprint density at radius 1 is 1.11 bits per heavy atom. The maximum atomic E-state index is 12.1. The van der Waals surface area contributed by atoms with E-state index >= 15 is 0 Å². The fraction of sp³-hybridized carbons (Fsp3) is 0.619. The number of rotatable bonds is 11. The van der Waals surface area contributed by atoms with Crippen LogP contribution in [0, 0.1) is 11.8 Å². The summed E-state index contributed by atoms with van der Waals surface area (Å²) in [6.07, 6.45) is 2.46. The van der Waals surface area contributed by atoms with E-state index in [1.165, 1.54) is 12.0 Å². The second-order valence-electron chi connectivity index (χ2n) is 6.97. The Morgan fingerprint density at radius 3 is 2.25 bits per heavy atom. The fourth-order valence-electron chi connectivity index (χ4n) is 3.11. The highest BCUT2D eigenvalue weighted by Gasteiger charge is 2.38. The molecule has 1 amide bonds. The monoisotopic (exact) mass is 401 g/mol. The van der Waals surface area contributed by atoms with Gasteiger partial charge in [0.2, 0.25) is 0 Å². The molecule has 28 heavy (non-hydrogen) atoms. The summed E-state index contributed by atoms with van der Waals surface area (Å²) < 4.78 is 36.2. The van der Waals surface area contributed by atoms with Gasteiger partial charge in [-0.1, -0.05) is 63.4 Å². The summed E-state index contributed by atoms with van der Waals surface area (Å²) in [6, 6.07) is 10.5. The predicted molar refractivity (Wildman–Crippen MR) is 100 cm³/mol. The van der Waals surface area contributed by atoms with E-state index in [9.17, 15) is 18.0 Å². The van der Waals surface area contributed by atoms with E-state index in [1.807, 2.05) is 11.4 Å². The number of nitrogens with one attached hydrogen (secondary N) is 1. The molecule has 1 rings (SSSR count). The van der Waals surface area contributed by atoms with Crippen molar-refractivity contribution < 1.29 is 27.6 Å². The molecule has 2 atom stereocenters. The number of alkyl halides is 3. The molecule has 0 aliphatic heterocycles. The molecule has 0 radical (unpaired) electrons. The average molecular weight is 401 g/mol. The largest absolute Gasteiger partial charge is 0.471 e. The molecule has 1 N–H and O–H groups in total. The Hall–Kier alpha value is -2.14. The summed E-state index contributed by atoms with van der Waals surface area (Å²) in [5.74, 6) is -0.605. The highest BCUT2D eigenvalue weighted by molar-refractivity contribution is 5.81. The molecule has 4 nitrogen and oxygen atoms in total. The zero-order valence-electron chi connectivity index (χ0n) is 16.6. The zero-order chi connectivity index (χ0) is 21.4. The molecule has 0 saturated heterocycles. The van der Waals surface area contributed by atoms with Gasteiger partial charge >= 0.3 is 18.2 Å². The highest BCUT2D eigenvalue weighted by Crippen LogP contribution is 2.24. The quantitative estimate of drug-likeness (QED) is 0.535.